The molecule has 0 saturated heterocycles. The third-order valence-electron chi connectivity index (χ3n) is 1.90. The molecule has 0 radical (unpaired) electrons. The van der Waals surface area contributed by atoms with Gasteiger partial charge in [0.25, 0.3) is 0 Å². The quantitative estimate of drug-likeness (QED) is 0.489. The smallest absolute Gasteiger partial charge is 0.139 e. The van der Waals surface area contributed by atoms with Crippen LogP contribution in [0.15, 0.2) is 12.1 Å². The van der Waals surface area contributed by atoms with Gasteiger partial charge in [0.15, 0.2) is 0 Å². The van der Waals surface area contributed by atoms with E-state index in [0.717, 1.165) is 11.3 Å². The summed E-state index contributed by atoms with van der Waals surface area (Å²) in [4.78, 5) is 1.85. The zero-order valence-electron chi connectivity index (χ0n) is 7.63. The zero-order chi connectivity index (χ0) is 9.30. The van der Waals surface area contributed by atoms with Crippen LogP contribution in [-0.2, 0) is 0 Å². The van der Waals surface area contributed by atoms with E-state index in [4.69, 9.17) is 5.73 Å². The Morgan fingerprint density at radius 1 is 1.33 bits per heavy atom. The van der Waals surface area contributed by atoms with E-state index in [-0.39, 0.29) is 5.75 Å². The van der Waals surface area contributed by atoms with Crippen LogP contribution in [0.25, 0.3) is 0 Å². The van der Waals surface area contributed by atoms with Gasteiger partial charge in [0, 0.05) is 19.8 Å². The Labute approximate surface area is 72.4 Å². The summed E-state index contributed by atoms with van der Waals surface area (Å²) in [7, 11) is 3.75. The summed E-state index contributed by atoms with van der Waals surface area (Å²) in [5, 5.41) is 9.49. The van der Waals surface area contributed by atoms with Gasteiger partial charge in [-0.1, -0.05) is 0 Å². The van der Waals surface area contributed by atoms with Gasteiger partial charge in [-0.05, 0) is 24.6 Å². The number of nitrogens with zero attached hydrogens (tertiary/aromatic N) is 1. The highest BCUT2D eigenvalue weighted by Gasteiger charge is 2.08. The van der Waals surface area contributed by atoms with Crippen molar-refractivity contribution in [1.29, 1.82) is 0 Å². The Morgan fingerprint density at radius 3 is 2.33 bits per heavy atom. The molecule has 0 spiro atoms. The topological polar surface area (TPSA) is 49.5 Å². The lowest BCUT2D eigenvalue weighted by Crippen LogP contribution is -2.11. The van der Waals surface area contributed by atoms with Crippen molar-refractivity contribution in [3.05, 3.63) is 17.7 Å². The van der Waals surface area contributed by atoms with E-state index >= 15 is 0 Å². The van der Waals surface area contributed by atoms with Crippen molar-refractivity contribution in [3.8, 4) is 5.75 Å². The first kappa shape index (κ1) is 8.71. The van der Waals surface area contributed by atoms with Gasteiger partial charge in [-0.2, -0.15) is 0 Å². The Kier molecular flexibility index (Phi) is 2.13. The number of aromatic hydroxyl groups is 1. The number of phenols is 1. The second-order valence-corrected chi connectivity index (χ2v) is 3.04. The molecule has 0 heterocycles. The van der Waals surface area contributed by atoms with Crippen molar-refractivity contribution in [2.75, 3.05) is 24.7 Å². The van der Waals surface area contributed by atoms with Crippen LogP contribution < -0.4 is 10.6 Å². The van der Waals surface area contributed by atoms with E-state index in [2.05, 4.69) is 0 Å². The third kappa shape index (κ3) is 1.30. The van der Waals surface area contributed by atoms with E-state index in [1.807, 2.05) is 25.9 Å². The second kappa shape index (κ2) is 2.93. The zero-order valence-corrected chi connectivity index (χ0v) is 7.63. The van der Waals surface area contributed by atoms with Crippen LogP contribution >= 0.6 is 0 Å². The monoisotopic (exact) mass is 166 g/mol. The van der Waals surface area contributed by atoms with Gasteiger partial charge >= 0.3 is 0 Å². The van der Waals surface area contributed by atoms with Crippen LogP contribution in [0.5, 0.6) is 5.75 Å². The first-order valence-electron chi connectivity index (χ1n) is 3.79. The van der Waals surface area contributed by atoms with Gasteiger partial charge in [0.2, 0.25) is 0 Å². The van der Waals surface area contributed by atoms with Crippen LogP contribution in [-0.4, -0.2) is 19.2 Å². The van der Waals surface area contributed by atoms with Crippen molar-refractivity contribution in [2.45, 2.75) is 6.92 Å². The van der Waals surface area contributed by atoms with Crippen LogP contribution in [0.4, 0.5) is 11.4 Å². The molecule has 0 aliphatic rings. The van der Waals surface area contributed by atoms with Crippen molar-refractivity contribution >= 4 is 11.4 Å². The number of rotatable bonds is 1. The molecule has 0 aliphatic carbocycles. The number of benzene rings is 1. The van der Waals surface area contributed by atoms with E-state index in [0.29, 0.717) is 5.69 Å². The van der Waals surface area contributed by atoms with E-state index in [1.54, 1.807) is 12.1 Å². The number of hydrogen-bond acceptors (Lipinski definition) is 3. The Morgan fingerprint density at radius 2 is 1.92 bits per heavy atom. The molecule has 0 atom stereocenters. The van der Waals surface area contributed by atoms with E-state index < -0.39 is 0 Å². The Hall–Kier alpha value is -1.38. The number of nitrogens with two attached hydrogens (primary N) is 1. The standard InChI is InChI=1S/C9H14N2O/c1-6-7(10)4-5-8(12)9(6)11(2)3/h4-5,12H,10H2,1-3H3. The molecule has 0 bridgehead atoms. The average molecular weight is 166 g/mol. The Balaban J connectivity index is 3.33. The average Bonchev–Trinajstić information content (AvgIpc) is 1.97. The van der Waals surface area contributed by atoms with Crippen LogP contribution in [0.3, 0.4) is 0 Å². The van der Waals surface area contributed by atoms with Gasteiger partial charge < -0.3 is 15.7 Å². The number of hydrogen-bond donors (Lipinski definition) is 2. The van der Waals surface area contributed by atoms with Crippen LogP contribution in [0.1, 0.15) is 5.56 Å². The molecule has 0 fully saturated rings. The maximum atomic E-state index is 9.49. The van der Waals surface area contributed by atoms with Crippen LogP contribution in [0, 0.1) is 6.92 Å². The molecule has 1 aromatic carbocycles. The number of nitrogen functional groups attached to an aromatic ring is 1. The fourth-order valence-corrected chi connectivity index (χ4v) is 1.27. The molecule has 0 saturated carbocycles. The van der Waals surface area contributed by atoms with Gasteiger partial charge in [0.05, 0.1) is 5.69 Å². The van der Waals surface area contributed by atoms with Crippen molar-refractivity contribution < 1.29 is 5.11 Å². The summed E-state index contributed by atoms with van der Waals surface area (Å²) in [6.07, 6.45) is 0. The molecule has 3 nitrogen and oxygen atoms in total. The lowest BCUT2D eigenvalue weighted by Gasteiger charge is -2.18. The predicted octanol–water partition coefficient (Wildman–Crippen LogP) is 1.35. The minimum absolute atomic E-state index is 0.270. The normalized spacial score (nSPS) is 9.92. The largest absolute Gasteiger partial charge is 0.506 e. The predicted molar refractivity (Wildman–Crippen MR) is 51.6 cm³/mol. The van der Waals surface area contributed by atoms with E-state index in [9.17, 15) is 5.11 Å². The van der Waals surface area contributed by atoms with Crippen LogP contribution in [0.2, 0.25) is 0 Å². The number of anilines is 2. The van der Waals surface area contributed by atoms with Gasteiger partial charge in [-0.15, -0.1) is 0 Å². The molecule has 0 aromatic heterocycles. The van der Waals surface area contributed by atoms with Gasteiger partial charge in [0.1, 0.15) is 5.75 Å². The molecule has 3 heteroatoms. The fraction of sp³-hybridized carbons (Fsp3) is 0.333. The summed E-state index contributed by atoms with van der Waals surface area (Å²) in [6.45, 7) is 1.89. The molecule has 0 amide bonds. The van der Waals surface area contributed by atoms with Crippen molar-refractivity contribution in [2.24, 2.45) is 0 Å². The lowest BCUT2D eigenvalue weighted by molar-refractivity contribution is 0.475. The lowest BCUT2D eigenvalue weighted by atomic mass is 10.1. The Bertz CT molecular complexity index is 295. The molecule has 12 heavy (non-hydrogen) atoms. The molecular formula is C9H14N2O. The highest BCUT2D eigenvalue weighted by atomic mass is 16.3. The molecule has 66 valence electrons. The first-order chi connectivity index (χ1) is 5.54. The molecule has 1 aromatic rings. The summed E-state index contributed by atoms with van der Waals surface area (Å²) in [5.41, 5.74) is 8.10. The maximum Gasteiger partial charge on any atom is 0.139 e. The highest BCUT2D eigenvalue weighted by molar-refractivity contribution is 5.70. The molecule has 0 unspecified atom stereocenters. The maximum absolute atomic E-state index is 9.49. The molecule has 0 aliphatic heterocycles. The molecule has 3 N–H and O–H groups in total. The molecule has 1 rings (SSSR count). The number of phenolic OH excluding ortho intramolecular Hbond substituents is 1. The first-order valence-corrected chi connectivity index (χ1v) is 3.79. The minimum atomic E-state index is 0.270. The van der Waals surface area contributed by atoms with Crippen molar-refractivity contribution in [3.63, 3.8) is 0 Å². The summed E-state index contributed by atoms with van der Waals surface area (Å²) in [6, 6.07) is 3.31. The van der Waals surface area contributed by atoms with Gasteiger partial charge in [-0.3, -0.25) is 0 Å². The third-order valence-corrected chi connectivity index (χ3v) is 1.90. The SMILES string of the molecule is Cc1c(N)ccc(O)c1N(C)C. The minimum Gasteiger partial charge on any atom is -0.506 e. The molecular weight excluding hydrogens is 152 g/mol. The second-order valence-electron chi connectivity index (χ2n) is 3.04. The fourth-order valence-electron chi connectivity index (χ4n) is 1.27. The van der Waals surface area contributed by atoms with Gasteiger partial charge in [-0.25, -0.2) is 0 Å². The summed E-state index contributed by atoms with van der Waals surface area (Å²) < 4.78 is 0. The van der Waals surface area contributed by atoms with E-state index in [1.165, 1.54) is 0 Å². The van der Waals surface area contributed by atoms with Crippen molar-refractivity contribution in [1.82, 2.24) is 0 Å². The summed E-state index contributed by atoms with van der Waals surface area (Å²) >= 11 is 0. The highest BCUT2D eigenvalue weighted by Crippen LogP contribution is 2.32. The summed E-state index contributed by atoms with van der Waals surface area (Å²) in [5.74, 6) is 0.270.